The second-order valence-corrected chi connectivity index (χ2v) is 3.50. The maximum absolute atomic E-state index is 10.9. The molecule has 1 N–H and O–H groups in total. The first-order valence-electron chi connectivity index (χ1n) is 4.31. The Bertz CT molecular complexity index is 371. The Balaban J connectivity index is 3.16. The van der Waals surface area contributed by atoms with E-state index in [4.69, 9.17) is 28.3 Å². The summed E-state index contributed by atoms with van der Waals surface area (Å²) in [7, 11) is 0. The SMILES string of the molecule is CCN(C(=O)O)c1ncc(Cl)cc1CCl. The van der Waals surface area contributed by atoms with Gasteiger partial charge in [-0.3, -0.25) is 4.90 Å². The van der Waals surface area contributed by atoms with Crippen molar-refractivity contribution in [2.24, 2.45) is 0 Å². The first kappa shape index (κ1) is 12.1. The molecule has 6 heteroatoms. The standard InChI is InChI=1S/C9H10Cl2N2O2/c1-2-13(9(14)15)8-6(4-10)3-7(11)5-12-8/h3,5H,2,4H2,1H3,(H,14,15). The number of alkyl halides is 1. The van der Waals surface area contributed by atoms with Gasteiger partial charge in [0, 0.05) is 18.3 Å². The summed E-state index contributed by atoms with van der Waals surface area (Å²) in [6.45, 7) is 2.04. The largest absolute Gasteiger partial charge is 0.465 e. The first-order valence-corrected chi connectivity index (χ1v) is 5.22. The molecule has 0 radical (unpaired) electrons. The predicted molar refractivity (Wildman–Crippen MR) is 59.8 cm³/mol. The van der Waals surface area contributed by atoms with Crippen molar-refractivity contribution in [1.82, 2.24) is 4.98 Å². The van der Waals surface area contributed by atoms with Crippen LogP contribution in [0.5, 0.6) is 0 Å². The molecule has 0 bridgehead atoms. The van der Waals surface area contributed by atoms with Gasteiger partial charge in [0.05, 0.1) is 10.9 Å². The number of halogens is 2. The second kappa shape index (κ2) is 5.19. The van der Waals surface area contributed by atoms with Crippen LogP contribution < -0.4 is 4.90 Å². The zero-order valence-electron chi connectivity index (χ0n) is 8.07. The van der Waals surface area contributed by atoms with Gasteiger partial charge in [-0.25, -0.2) is 9.78 Å². The maximum atomic E-state index is 10.9. The Morgan fingerprint density at radius 2 is 2.33 bits per heavy atom. The number of amides is 1. The van der Waals surface area contributed by atoms with Gasteiger partial charge in [0.2, 0.25) is 0 Å². The monoisotopic (exact) mass is 248 g/mol. The van der Waals surface area contributed by atoms with Crippen molar-refractivity contribution in [1.29, 1.82) is 0 Å². The molecule has 15 heavy (non-hydrogen) atoms. The van der Waals surface area contributed by atoms with E-state index >= 15 is 0 Å². The third-order valence-electron chi connectivity index (χ3n) is 1.86. The number of hydrogen-bond acceptors (Lipinski definition) is 2. The van der Waals surface area contributed by atoms with Crippen LogP contribution in [-0.4, -0.2) is 22.7 Å². The van der Waals surface area contributed by atoms with Crippen molar-refractivity contribution in [3.8, 4) is 0 Å². The molecule has 1 aromatic heterocycles. The van der Waals surface area contributed by atoms with Crippen LogP contribution in [0.4, 0.5) is 10.6 Å². The molecule has 1 heterocycles. The maximum Gasteiger partial charge on any atom is 0.413 e. The van der Waals surface area contributed by atoms with Gasteiger partial charge >= 0.3 is 6.09 Å². The van der Waals surface area contributed by atoms with E-state index in [1.165, 1.54) is 6.20 Å². The van der Waals surface area contributed by atoms with Gasteiger partial charge in [-0.15, -0.1) is 11.6 Å². The summed E-state index contributed by atoms with van der Waals surface area (Å²) < 4.78 is 0. The highest BCUT2D eigenvalue weighted by molar-refractivity contribution is 6.30. The minimum Gasteiger partial charge on any atom is -0.465 e. The van der Waals surface area contributed by atoms with Gasteiger partial charge < -0.3 is 5.11 Å². The summed E-state index contributed by atoms with van der Waals surface area (Å²) in [5.74, 6) is 0.511. The van der Waals surface area contributed by atoms with Crippen LogP contribution in [0.1, 0.15) is 12.5 Å². The lowest BCUT2D eigenvalue weighted by Gasteiger charge is -2.18. The lowest BCUT2D eigenvalue weighted by Crippen LogP contribution is -2.30. The summed E-state index contributed by atoms with van der Waals surface area (Å²) >= 11 is 11.4. The van der Waals surface area contributed by atoms with Gasteiger partial charge in [-0.05, 0) is 13.0 Å². The lowest BCUT2D eigenvalue weighted by atomic mass is 10.2. The summed E-state index contributed by atoms with van der Waals surface area (Å²) in [5.41, 5.74) is 0.605. The molecule has 4 nitrogen and oxygen atoms in total. The number of hydrogen-bond donors (Lipinski definition) is 1. The number of nitrogens with zero attached hydrogens (tertiary/aromatic N) is 2. The number of carboxylic acid groups (broad SMARTS) is 1. The van der Waals surface area contributed by atoms with Crippen LogP contribution in [0.25, 0.3) is 0 Å². The number of anilines is 1. The van der Waals surface area contributed by atoms with Gasteiger partial charge in [0.25, 0.3) is 0 Å². The Kier molecular flexibility index (Phi) is 4.17. The van der Waals surface area contributed by atoms with Crippen LogP contribution >= 0.6 is 23.2 Å². The molecular weight excluding hydrogens is 239 g/mol. The van der Waals surface area contributed by atoms with E-state index in [1.54, 1.807) is 13.0 Å². The van der Waals surface area contributed by atoms with E-state index in [0.29, 0.717) is 22.9 Å². The van der Waals surface area contributed by atoms with Gasteiger partial charge in [0.1, 0.15) is 5.82 Å². The van der Waals surface area contributed by atoms with E-state index in [1.807, 2.05) is 0 Å². The Hall–Kier alpha value is -1.000. The number of carbonyl (C=O) groups is 1. The van der Waals surface area contributed by atoms with Crippen molar-refractivity contribution in [3.63, 3.8) is 0 Å². The molecule has 0 aliphatic rings. The molecule has 82 valence electrons. The third kappa shape index (κ3) is 2.73. The Labute approximate surface area is 97.4 Å². The third-order valence-corrected chi connectivity index (χ3v) is 2.35. The van der Waals surface area contributed by atoms with Crippen LogP contribution in [0.15, 0.2) is 12.3 Å². The average Bonchev–Trinajstić information content (AvgIpc) is 2.20. The molecule has 0 aromatic carbocycles. The van der Waals surface area contributed by atoms with E-state index in [9.17, 15) is 4.79 Å². The number of pyridine rings is 1. The summed E-state index contributed by atoms with van der Waals surface area (Å²) in [4.78, 5) is 16.0. The Morgan fingerprint density at radius 1 is 1.67 bits per heavy atom. The fourth-order valence-corrected chi connectivity index (χ4v) is 1.57. The number of aromatic nitrogens is 1. The molecule has 0 unspecified atom stereocenters. The molecule has 1 aromatic rings. The van der Waals surface area contributed by atoms with Crippen LogP contribution in [0.2, 0.25) is 5.02 Å². The quantitative estimate of drug-likeness (QED) is 0.838. The number of rotatable bonds is 3. The van der Waals surface area contributed by atoms with Gasteiger partial charge in [-0.1, -0.05) is 11.6 Å². The summed E-state index contributed by atoms with van der Waals surface area (Å²) in [6.07, 6.45) is 0.345. The highest BCUT2D eigenvalue weighted by Crippen LogP contribution is 2.22. The van der Waals surface area contributed by atoms with Gasteiger partial charge in [-0.2, -0.15) is 0 Å². The van der Waals surface area contributed by atoms with E-state index < -0.39 is 6.09 Å². The molecular formula is C9H10Cl2N2O2. The molecule has 0 saturated heterocycles. The molecule has 1 rings (SSSR count). The Morgan fingerprint density at radius 3 is 2.80 bits per heavy atom. The van der Waals surface area contributed by atoms with Gasteiger partial charge in [0.15, 0.2) is 0 Å². The average molecular weight is 249 g/mol. The van der Waals surface area contributed by atoms with Crippen molar-refractivity contribution in [2.45, 2.75) is 12.8 Å². The zero-order chi connectivity index (χ0) is 11.4. The minimum absolute atomic E-state index is 0.173. The topological polar surface area (TPSA) is 53.4 Å². The van der Waals surface area contributed by atoms with E-state index in [0.717, 1.165) is 4.90 Å². The summed E-state index contributed by atoms with van der Waals surface area (Å²) in [6, 6.07) is 1.61. The summed E-state index contributed by atoms with van der Waals surface area (Å²) in [5, 5.41) is 9.37. The normalized spacial score (nSPS) is 10.1. The highest BCUT2D eigenvalue weighted by Gasteiger charge is 2.17. The molecule has 0 saturated carbocycles. The van der Waals surface area contributed by atoms with Crippen molar-refractivity contribution in [3.05, 3.63) is 22.8 Å². The van der Waals surface area contributed by atoms with Crippen LogP contribution in [0.3, 0.4) is 0 Å². The lowest BCUT2D eigenvalue weighted by molar-refractivity contribution is 0.202. The van der Waals surface area contributed by atoms with E-state index in [2.05, 4.69) is 4.98 Å². The molecule has 1 amide bonds. The molecule has 0 spiro atoms. The molecule has 0 fully saturated rings. The van der Waals surface area contributed by atoms with Crippen molar-refractivity contribution in [2.75, 3.05) is 11.4 Å². The van der Waals surface area contributed by atoms with Crippen LogP contribution in [0, 0.1) is 0 Å². The van der Waals surface area contributed by atoms with Crippen LogP contribution in [-0.2, 0) is 5.88 Å². The first-order chi connectivity index (χ1) is 7.10. The molecule has 0 atom stereocenters. The fourth-order valence-electron chi connectivity index (χ4n) is 1.19. The smallest absolute Gasteiger partial charge is 0.413 e. The predicted octanol–water partition coefficient (Wildman–Crippen LogP) is 2.98. The highest BCUT2D eigenvalue weighted by atomic mass is 35.5. The van der Waals surface area contributed by atoms with Crippen molar-refractivity contribution >= 4 is 35.1 Å². The zero-order valence-corrected chi connectivity index (χ0v) is 9.59. The van der Waals surface area contributed by atoms with Crippen molar-refractivity contribution < 1.29 is 9.90 Å². The second-order valence-electron chi connectivity index (χ2n) is 2.80. The molecule has 0 aliphatic heterocycles. The molecule has 0 aliphatic carbocycles. The van der Waals surface area contributed by atoms with E-state index in [-0.39, 0.29) is 5.88 Å². The fraction of sp³-hybridized carbons (Fsp3) is 0.333. The minimum atomic E-state index is -1.06.